The lowest BCUT2D eigenvalue weighted by atomic mass is 10.0. The molecule has 1 saturated heterocycles. The quantitative estimate of drug-likeness (QED) is 0.626. The molecule has 4 heterocycles. The maximum Gasteiger partial charge on any atom is 0.341 e. The van der Waals surface area contributed by atoms with E-state index in [0.717, 1.165) is 0 Å². The van der Waals surface area contributed by atoms with E-state index in [0.29, 0.717) is 49.9 Å². The highest BCUT2D eigenvalue weighted by atomic mass is 19.1. The van der Waals surface area contributed by atoms with Crippen molar-refractivity contribution in [1.82, 2.24) is 29.7 Å². The van der Waals surface area contributed by atoms with Crippen molar-refractivity contribution >= 4 is 24.1 Å². The monoisotopic (exact) mass is 463 g/mol. The molecule has 0 bridgehead atoms. The molecule has 2 N–H and O–H groups in total. The van der Waals surface area contributed by atoms with Crippen LogP contribution in [0.1, 0.15) is 28.4 Å². The average Bonchev–Trinajstić information content (AvgIpc) is 3.54. The van der Waals surface area contributed by atoms with Crippen LogP contribution >= 0.6 is 0 Å². The Kier molecular flexibility index (Phi) is 5.62. The predicted molar refractivity (Wildman–Crippen MR) is 121 cm³/mol. The van der Waals surface area contributed by atoms with Gasteiger partial charge in [-0.15, -0.1) is 0 Å². The molecule has 2 aliphatic heterocycles. The summed E-state index contributed by atoms with van der Waals surface area (Å²) < 4.78 is 15.1. The number of anilines is 1. The van der Waals surface area contributed by atoms with Crippen molar-refractivity contribution in [3.63, 3.8) is 0 Å². The van der Waals surface area contributed by atoms with E-state index in [-0.39, 0.29) is 23.5 Å². The van der Waals surface area contributed by atoms with E-state index in [9.17, 15) is 14.0 Å². The van der Waals surface area contributed by atoms with Crippen molar-refractivity contribution in [2.45, 2.75) is 12.5 Å². The first-order chi connectivity index (χ1) is 16.5. The Labute approximate surface area is 194 Å². The van der Waals surface area contributed by atoms with E-state index < -0.39 is 5.91 Å². The molecule has 12 heteroatoms. The number of primary amides is 1. The summed E-state index contributed by atoms with van der Waals surface area (Å²) in [5, 5.41) is 9.80. The first-order valence-corrected chi connectivity index (χ1v) is 10.8. The van der Waals surface area contributed by atoms with Gasteiger partial charge in [0.1, 0.15) is 5.82 Å². The van der Waals surface area contributed by atoms with Gasteiger partial charge < -0.3 is 15.5 Å². The smallest absolute Gasteiger partial charge is 0.341 e. The van der Waals surface area contributed by atoms with Crippen LogP contribution in [0.3, 0.4) is 0 Å². The summed E-state index contributed by atoms with van der Waals surface area (Å²) in [6.07, 6.45) is 6.73. The Bertz CT molecular complexity index is 1250. The van der Waals surface area contributed by atoms with Crippen LogP contribution in [-0.2, 0) is 0 Å². The molecule has 0 spiro atoms. The minimum Gasteiger partial charge on any atom is -0.366 e. The first kappa shape index (κ1) is 21.5. The van der Waals surface area contributed by atoms with E-state index in [1.807, 2.05) is 4.90 Å². The largest absolute Gasteiger partial charge is 0.366 e. The van der Waals surface area contributed by atoms with Crippen LogP contribution in [0, 0.1) is 5.82 Å². The van der Waals surface area contributed by atoms with Crippen molar-refractivity contribution in [2.75, 3.05) is 31.1 Å². The van der Waals surface area contributed by atoms with Gasteiger partial charge in [0.2, 0.25) is 5.95 Å². The number of piperazine rings is 1. The summed E-state index contributed by atoms with van der Waals surface area (Å²) in [7, 11) is 0. The summed E-state index contributed by atoms with van der Waals surface area (Å²) >= 11 is 0. The molecule has 2 aromatic heterocycles. The van der Waals surface area contributed by atoms with Gasteiger partial charge in [0.25, 0.3) is 5.91 Å². The molecule has 11 nitrogen and oxygen atoms in total. The number of carbonyl (C=O) groups is 2. The third kappa shape index (κ3) is 4.17. The molecule has 1 aromatic carbocycles. The van der Waals surface area contributed by atoms with Gasteiger partial charge in [-0.3, -0.25) is 4.79 Å². The standard InChI is InChI=1S/C22H22FN9O2/c23-17-3-1-2-15(12-17)18-4-7-26-32(18)22(34)30-10-8-29(9-11-30)21-25-6-5-19(28-21)31-14-16(13-27-31)20(24)33/h1-3,5-7,12-14,18H,4,8-11H2,(H2,24,33). The van der Waals surface area contributed by atoms with E-state index in [1.54, 1.807) is 35.5 Å². The van der Waals surface area contributed by atoms with Gasteiger partial charge in [-0.25, -0.2) is 23.9 Å². The summed E-state index contributed by atoms with van der Waals surface area (Å²) in [6.45, 7) is 1.98. The summed E-state index contributed by atoms with van der Waals surface area (Å²) in [5.74, 6) is 0.0924. The molecule has 5 rings (SSSR count). The number of benzene rings is 1. The van der Waals surface area contributed by atoms with Crippen LogP contribution in [0.2, 0.25) is 0 Å². The zero-order chi connectivity index (χ0) is 23.7. The first-order valence-electron chi connectivity index (χ1n) is 10.8. The van der Waals surface area contributed by atoms with Gasteiger partial charge in [-0.05, 0) is 17.7 Å². The van der Waals surface area contributed by atoms with Crippen molar-refractivity contribution in [1.29, 1.82) is 0 Å². The predicted octanol–water partition coefficient (Wildman–Crippen LogP) is 1.58. The molecule has 1 fully saturated rings. The fraction of sp³-hybridized carbons (Fsp3) is 0.273. The van der Waals surface area contributed by atoms with Gasteiger partial charge in [0, 0.05) is 57.3 Å². The molecule has 0 aliphatic carbocycles. The highest BCUT2D eigenvalue weighted by molar-refractivity contribution is 5.92. The molecule has 1 atom stereocenters. The number of aromatic nitrogens is 4. The number of hydrogen-bond acceptors (Lipinski definition) is 7. The van der Waals surface area contributed by atoms with Crippen LogP contribution in [0.15, 0.2) is 54.0 Å². The number of nitrogens with zero attached hydrogens (tertiary/aromatic N) is 8. The summed E-state index contributed by atoms with van der Waals surface area (Å²) in [4.78, 5) is 37.1. The second kappa shape index (κ2) is 8.89. The highest BCUT2D eigenvalue weighted by Crippen LogP contribution is 2.30. The molecule has 0 radical (unpaired) electrons. The normalized spacial score (nSPS) is 17.9. The molecule has 3 amide bonds. The zero-order valence-electron chi connectivity index (χ0n) is 18.2. The molecular formula is C22H22FN9O2. The minimum absolute atomic E-state index is 0.215. The van der Waals surface area contributed by atoms with Crippen molar-refractivity contribution < 1.29 is 14.0 Å². The third-order valence-electron chi connectivity index (χ3n) is 5.82. The lowest BCUT2D eigenvalue weighted by Gasteiger charge is -2.37. The van der Waals surface area contributed by atoms with Gasteiger partial charge in [0.05, 0.1) is 17.8 Å². The maximum atomic E-state index is 13.7. The van der Waals surface area contributed by atoms with Crippen molar-refractivity contribution in [3.8, 4) is 5.82 Å². The van der Waals surface area contributed by atoms with Crippen molar-refractivity contribution in [2.24, 2.45) is 10.8 Å². The van der Waals surface area contributed by atoms with E-state index in [2.05, 4.69) is 20.2 Å². The SMILES string of the molecule is NC(=O)c1cnn(-c2ccnc(N3CCN(C(=O)N4N=CCC4c4cccc(F)c4)CC3)n2)c1. The topological polar surface area (TPSA) is 126 Å². The van der Waals surface area contributed by atoms with Crippen LogP contribution in [-0.4, -0.2) is 74.0 Å². The van der Waals surface area contributed by atoms with E-state index >= 15 is 0 Å². The lowest BCUT2D eigenvalue weighted by Crippen LogP contribution is -2.52. The highest BCUT2D eigenvalue weighted by Gasteiger charge is 2.33. The Hall–Kier alpha value is -4.35. The van der Waals surface area contributed by atoms with Crippen LogP contribution in [0.5, 0.6) is 0 Å². The number of urea groups is 1. The fourth-order valence-electron chi connectivity index (χ4n) is 4.03. The molecule has 1 unspecified atom stereocenters. The van der Waals surface area contributed by atoms with E-state index in [4.69, 9.17) is 5.73 Å². The Balaban J connectivity index is 1.24. The second-order valence-corrected chi connectivity index (χ2v) is 7.96. The molecule has 174 valence electrons. The minimum atomic E-state index is -0.566. The van der Waals surface area contributed by atoms with Gasteiger partial charge in [-0.2, -0.15) is 15.2 Å². The van der Waals surface area contributed by atoms with Gasteiger partial charge in [0.15, 0.2) is 5.82 Å². The summed E-state index contributed by atoms with van der Waals surface area (Å²) in [6, 6.07) is 7.40. The molecule has 3 aromatic rings. The third-order valence-corrected chi connectivity index (χ3v) is 5.82. The molecular weight excluding hydrogens is 441 g/mol. The number of hydrogen-bond donors (Lipinski definition) is 1. The number of amides is 3. The van der Waals surface area contributed by atoms with Crippen molar-refractivity contribution in [3.05, 3.63) is 65.9 Å². The Morgan fingerprint density at radius 2 is 1.94 bits per heavy atom. The Morgan fingerprint density at radius 3 is 2.68 bits per heavy atom. The lowest BCUT2D eigenvalue weighted by molar-refractivity contribution is 0.1000. The number of rotatable bonds is 4. The van der Waals surface area contributed by atoms with Gasteiger partial charge in [-0.1, -0.05) is 12.1 Å². The van der Waals surface area contributed by atoms with Crippen LogP contribution in [0.4, 0.5) is 15.1 Å². The maximum absolute atomic E-state index is 13.7. The molecule has 34 heavy (non-hydrogen) atoms. The number of halogens is 1. The molecule has 2 aliphatic rings. The molecule has 0 saturated carbocycles. The van der Waals surface area contributed by atoms with Crippen LogP contribution < -0.4 is 10.6 Å². The zero-order valence-corrected chi connectivity index (χ0v) is 18.2. The number of carbonyl (C=O) groups excluding carboxylic acids is 2. The van der Waals surface area contributed by atoms with E-state index in [1.165, 1.54) is 34.2 Å². The number of hydrazone groups is 1. The number of nitrogens with two attached hydrogens (primary N) is 1. The Morgan fingerprint density at radius 1 is 1.12 bits per heavy atom. The second-order valence-electron chi connectivity index (χ2n) is 7.96. The van der Waals surface area contributed by atoms with Crippen LogP contribution in [0.25, 0.3) is 5.82 Å². The average molecular weight is 463 g/mol. The van der Waals surface area contributed by atoms with Gasteiger partial charge >= 0.3 is 6.03 Å². The fourth-order valence-corrected chi connectivity index (χ4v) is 4.03. The summed E-state index contributed by atoms with van der Waals surface area (Å²) in [5.41, 5.74) is 6.29.